The number of nitrogens with zero attached hydrogens (tertiary/aromatic N) is 1. The van der Waals surface area contributed by atoms with Gasteiger partial charge >= 0.3 is 0 Å². The molecule has 0 saturated carbocycles. The Hall–Kier alpha value is -0.850. The van der Waals surface area contributed by atoms with Gasteiger partial charge in [0.2, 0.25) is 5.91 Å². The van der Waals surface area contributed by atoms with Crippen LogP contribution in [0.4, 0.5) is 0 Å². The van der Waals surface area contributed by atoms with Gasteiger partial charge in [-0.05, 0) is 44.0 Å². The fourth-order valence-electron chi connectivity index (χ4n) is 1.76. The van der Waals surface area contributed by atoms with Gasteiger partial charge in [-0.3, -0.25) is 4.79 Å². The fourth-order valence-corrected chi connectivity index (χ4v) is 3.87. The van der Waals surface area contributed by atoms with Gasteiger partial charge < -0.3 is 5.32 Å². The molecule has 0 spiro atoms. The minimum Gasteiger partial charge on any atom is -0.349 e. The number of nitrogens with one attached hydrogen (secondary N) is 1. The molecule has 1 aromatic heterocycles. The predicted molar refractivity (Wildman–Crippen MR) is 93.0 cm³/mol. The van der Waals surface area contributed by atoms with E-state index < -0.39 is 0 Å². The fraction of sp³-hybridized carbons (Fsp3) is 0.333. The van der Waals surface area contributed by atoms with Crippen molar-refractivity contribution in [1.29, 1.82) is 0 Å². The van der Waals surface area contributed by atoms with Crippen LogP contribution in [0.25, 0.3) is 0 Å². The number of hydrogen-bond acceptors (Lipinski definition) is 4. The average Bonchev–Trinajstić information content (AvgIpc) is 2.85. The van der Waals surface area contributed by atoms with E-state index in [0.29, 0.717) is 12.3 Å². The molecule has 0 saturated heterocycles. The molecule has 2 rings (SSSR count). The maximum atomic E-state index is 11.9. The minimum atomic E-state index is 0.0350. The van der Waals surface area contributed by atoms with E-state index in [0.717, 1.165) is 20.1 Å². The van der Waals surface area contributed by atoms with Gasteiger partial charge in [0, 0.05) is 20.4 Å². The summed E-state index contributed by atoms with van der Waals surface area (Å²) in [4.78, 5) is 17.4. The molecule has 0 atom stereocenters. The van der Waals surface area contributed by atoms with Crippen LogP contribution in [0.2, 0.25) is 0 Å². The second kappa shape index (κ2) is 7.42. The number of aryl methyl sites for hydroxylation is 3. The minimum absolute atomic E-state index is 0.0350. The number of hydrogen-bond donors (Lipinski definition) is 1. The number of carbonyl (C=O) groups excluding carboxylic acids is 1. The zero-order chi connectivity index (χ0) is 15.4. The van der Waals surface area contributed by atoms with Crippen molar-refractivity contribution in [1.82, 2.24) is 10.3 Å². The Morgan fingerprint density at radius 2 is 2.10 bits per heavy atom. The summed E-state index contributed by atoms with van der Waals surface area (Å²) in [6, 6.07) is 4.20. The molecular weight excluding hydrogens is 368 g/mol. The quantitative estimate of drug-likeness (QED) is 0.783. The highest BCUT2D eigenvalue weighted by atomic mass is 79.9. The first-order valence-corrected chi connectivity index (χ1v) is 9.19. The van der Waals surface area contributed by atoms with Gasteiger partial charge in [-0.25, -0.2) is 4.98 Å². The normalized spacial score (nSPS) is 10.7. The van der Waals surface area contributed by atoms with E-state index in [1.54, 1.807) is 23.1 Å². The molecule has 6 heteroatoms. The Balaban J connectivity index is 1.85. The zero-order valence-corrected chi connectivity index (χ0v) is 15.4. The molecule has 0 radical (unpaired) electrons. The molecule has 1 amide bonds. The number of thiazole rings is 1. The van der Waals surface area contributed by atoms with Crippen molar-refractivity contribution in [2.24, 2.45) is 0 Å². The smallest absolute Gasteiger partial charge is 0.230 e. The van der Waals surface area contributed by atoms with E-state index in [1.807, 2.05) is 12.3 Å². The monoisotopic (exact) mass is 384 g/mol. The van der Waals surface area contributed by atoms with E-state index in [9.17, 15) is 4.79 Å². The first-order chi connectivity index (χ1) is 9.95. The van der Waals surface area contributed by atoms with Crippen molar-refractivity contribution in [3.05, 3.63) is 43.8 Å². The van der Waals surface area contributed by atoms with Crippen molar-refractivity contribution in [3.63, 3.8) is 0 Å². The Kier molecular flexibility index (Phi) is 5.84. The van der Waals surface area contributed by atoms with E-state index in [-0.39, 0.29) is 5.91 Å². The highest BCUT2D eigenvalue weighted by Gasteiger charge is 2.08. The van der Waals surface area contributed by atoms with Crippen LogP contribution in [-0.2, 0) is 11.3 Å². The molecule has 21 heavy (non-hydrogen) atoms. The molecule has 3 nitrogen and oxygen atoms in total. The van der Waals surface area contributed by atoms with E-state index in [2.05, 4.69) is 52.2 Å². The molecule has 0 aliphatic rings. The number of rotatable bonds is 5. The zero-order valence-electron chi connectivity index (χ0n) is 12.2. The molecule has 1 aromatic carbocycles. The summed E-state index contributed by atoms with van der Waals surface area (Å²) in [7, 11) is 0. The van der Waals surface area contributed by atoms with Crippen LogP contribution in [0.1, 0.15) is 21.8 Å². The standard InChI is InChI=1S/C15H17BrN2OS2/c1-9-5-13(10(2)4-12(9)16)20-8-14(19)17-6-15-18-11(3)7-21-15/h4-5,7H,6,8H2,1-3H3,(H,17,19). The summed E-state index contributed by atoms with van der Waals surface area (Å²) < 4.78 is 1.10. The third-order valence-corrected chi connectivity index (χ3v) is 5.90. The van der Waals surface area contributed by atoms with Crippen molar-refractivity contribution in [3.8, 4) is 0 Å². The predicted octanol–water partition coefficient (Wildman–Crippen LogP) is 4.24. The van der Waals surface area contributed by atoms with Gasteiger partial charge in [-0.2, -0.15) is 0 Å². The lowest BCUT2D eigenvalue weighted by atomic mass is 10.2. The molecule has 0 bridgehead atoms. The Morgan fingerprint density at radius 1 is 1.33 bits per heavy atom. The van der Waals surface area contributed by atoms with Gasteiger partial charge in [0.25, 0.3) is 0 Å². The first kappa shape index (κ1) is 16.5. The summed E-state index contributed by atoms with van der Waals surface area (Å²) >= 11 is 6.66. The Labute approximate surface area is 141 Å². The van der Waals surface area contributed by atoms with Crippen LogP contribution in [-0.4, -0.2) is 16.6 Å². The largest absolute Gasteiger partial charge is 0.349 e. The highest BCUT2D eigenvalue weighted by molar-refractivity contribution is 9.10. The number of amides is 1. The maximum absolute atomic E-state index is 11.9. The molecule has 0 aliphatic carbocycles. The van der Waals surface area contributed by atoms with Crippen LogP contribution in [0.5, 0.6) is 0 Å². The number of halogens is 1. The number of thioether (sulfide) groups is 1. The van der Waals surface area contributed by atoms with Crippen molar-refractivity contribution < 1.29 is 4.79 Å². The number of carbonyl (C=O) groups is 1. The first-order valence-electron chi connectivity index (χ1n) is 6.53. The summed E-state index contributed by atoms with van der Waals surface area (Å²) in [5.41, 5.74) is 3.36. The van der Waals surface area contributed by atoms with Gasteiger partial charge in [0.15, 0.2) is 0 Å². The van der Waals surface area contributed by atoms with Crippen molar-refractivity contribution in [2.75, 3.05) is 5.75 Å². The maximum Gasteiger partial charge on any atom is 0.230 e. The summed E-state index contributed by atoms with van der Waals surface area (Å²) in [6.07, 6.45) is 0. The third kappa shape index (κ3) is 4.83. The molecule has 1 heterocycles. The molecule has 2 aromatic rings. The Morgan fingerprint density at radius 3 is 2.76 bits per heavy atom. The summed E-state index contributed by atoms with van der Waals surface area (Å²) in [6.45, 7) is 6.58. The SMILES string of the molecule is Cc1csc(CNC(=O)CSc2cc(C)c(Br)cc2C)n1. The molecule has 1 N–H and O–H groups in total. The molecule has 0 unspecified atom stereocenters. The van der Waals surface area contributed by atoms with Crippen LogP contribution in [0.3, 0.4) is 0 Å². The van der Waals surface area contributed by atoms with Gasteiger partial charge in [0.1, 0.15) is 5.01 Å². The average molecular weight is 385 g/mol. The molecule has 0 fully saturated rings. The molecule has 112 valence electrons. The lowest BCUT2D eigenvalue weighted by Gasteiger charge is -2.08. The second-order valence-electron chi connectivity index (χ2n) is 4.81. The Bertz CT molecular complexity index is 655. The van der Waals surface area contributed by atoms with Crippen molar-refractivity contribution in [2.45, 2.75) is 32.2 Å². The van der Waals surface area contributed by atoms with Crippen molar-refractivity contribution >= 4 is 44.9 Å². The number of aromatic nitrogens is 1. The molecule has 0 aliphatic heterocycles. The van der Waals surface area contributed by atoms with Crippen LogP contribution >= 0.6 is 39.0 Å². The summed E-state index contributed by atoms with van der Waals surface area (Å²) in [5, 5.41) is 5.84. The van der Waals surface area contributed by atoms with Gasteiger partial charge in [0.05, 0.1) is 12.3 Å². The lowest BCUT2D eigenvalue weighted by Crippen LogP contribution is -2.24. The van der Waals surface area contributed by atoms with Crippen LogP contribution < -0.4 is 5.32 Å². The highest BCUT2D eigenvalue weighted by Crippen LogP contribution is 2.28. The van der Waals surface area contributed by atoms with Crippen LogP contribution in [0.15, 0.2) is 26.9 Å². The number of benzene rings is 1. The lowest BCUT2D eigenvalue weighted by molar-refractivity contribution is -0.118. The second-order valence-corrected chi connectivity index (χ2v) is 7.63. The summed E-state index contributed by atoms with van der Waals surface area (Å²) in [5.74, 6) is 0.458. The van der Waals surface area contributed by atoms with E-state index in [4.69, 9.17) is 0 Å². The van der Waals surface area contributed by atoms with Gasteiger partial charge in [-0.15, -0.1) is 23.1 Å². The van der Waals surface area contributed by atoms with Gasteiger partial charge in [-0.1, -0.05) is 15.9 Å². The topological polar surface area (TPSA) is 42.0 Å². The van der Waals surface area contributed by atoms with E-state index >= 15 is 0 Å². The van der Waals surface area contributed by atoms with E-state index in [1.165, 1.54) is 11.1 Å². The third-order valence-electron chi connectivity index (χ3n) is 2.92. The molecular formula is C15H17BrN2OS2. The van der Waals surface area contributed by atoms with Crippen LogP contribution in [0, 0.1) is 20.8 Å².